The third-order valence-electron chi connectivity index (χ3n) is 5.16. The number of benzene rings is 3. The lowest BCUT2D eigenvalue weighted by atomic mass is 10.0. The lowest BCUT2D eigenvalue weighted by Gasteiger charge is -2.18. The molecule has 0 aliphatic rings. The zero-order valence-corrected chi connectivity index (χ0v) is 19.7. The molecule has 0 aliphatic heterocycles. The molecular weight excluding hydrogens is 440 g/mol. The van der Waals surface area contributed by atoms with Gasteiger partial charge >= 0.3 is 5.97 Å². The minimum Gasteiger partial charge on any atom is -0.491 e. The van der Waals surface area contributed by atoms with E-state index in [4.69, 9.17) is 30.9 Å². The molecule has 6 heteroatoms. The van der Waals surface area contributed by atoms with Gasteiger partial charge in [0.25, 0.3) is 0 Å². The Labute approximate surface area is 199 Å². The van der Waals surface area contributed by atoms with Crippen LogP contribution in [0.3, 0.4) is 0 Å². The van der Waals surface area contributed by atoms with Crippen LogP contribution in [0.2, 0.25) is 5.02 Å². The zero-order valence-electron chi connectivity index (χ0n) is 18.9. The number of carboxylic acids is 1. The number of halogens is 1. The maximum Gasteiger partial charge on any atom is 0.303 e. The largest absolute Gasteiger partial charge is 0.491 e. The van der Waals surface area contributed by atoms with Gasteiger partial charge in [-0.25, -0.2) is 0 Å². The number of carbonyl (C=O) groups is 1. The van der Waals surface area contributed by atoms with Gasteiger partial charge < -0.3 is 19.3 Å². The molecule has 0 heterocycles. The van der Waals surface area contributed by atoms with Crippen molar-refractivity contribution >= 4 is 17.6 Å². The molecule has 3 rings (SSSR count). The Morgan fingerprint density at radius 3 is 2.48 bits per heavy atom. The van der Waals surface area contributed by atoms with Gasteiger partial charge in [-0.1, -0.05) is 42.8 Å². The monoisotopic (exact) mass is 468 g/mol. The Hall–Kier alpha value is -3.18. The van der Waals surface area contributed by atoms with E-state index in [-0.39, 0.29) is 12.5 Å². The van der Waals surface area contributed by atoms with Crippen molar-refractivity contribution in [2.75, 3.05) is 6.61 Å². The van der Waals surface area contributed by atoms with Crippen LogP contribution in [0.4, 0.5) is 0 Å². The van der Waals surface area contributed by atoms with Crippen molar-refractivity contribution in [3.63, 3.8) is 0 Å². The molecule has 174 valence electrons. The molecule has 0 aromatic heterocycles. The maximum atomic E-state index is 10.9. The molecule has 5 nitrogen and oxygen atoms in total. The first kappa shape index (κ1) is 24.5. The first-order valence-electron chi connectivity index (χ1n) is 11.1. The third-order valence-corrected chi connectivity index (χ3v) is 5.40. The van der Waals surface area contributed by atoms with Gasteiger partial charge in [0.2, 0.25) is 0 Å². The number of ether oxygens (including phenoxy) is 3. The molecule has 33 heavy (non-hydrogen) atoms. The molecule has 0 aliphatic carbocycles. The normalized spacial score (nSPS) is 11.6. The fraction of sp³-hybridized carbons (Fsp3) is 0.296. The van der Waals surface area contributed by atoms with Crippen molar-refractivity contribution in [1.29, 1.82) is 0 Å². The molecule has 0 fully saturated rings. The number of carboxylic acid groups (broad SMARTS) is 1. The van der Waals surface area contributed by atoms with Crippen molar-refractivity contribution in [2.45, 2.75) is 45.6 Å². The van der Waals surface area contributed by atoms with Gasteiger partial charge in [-0.15, -0.1) is 0 Å². The van der Waals surface area contributed by atoms with Gasteiger partial charge in [-0.05, 0) is 67.3 Å². The van der Waals surface area contributed by atoms with Crippen molar-refractivity contribution in [3.05, 3.63) is 82.9 Å². The van der Waals surface area contributed by atoms with E-state index >= 15 is 0 Å². The number of para-hydroxylation sites is 1. The summed E-state index contributed by atoms with van der Waals surface area (Å²) in [5, 5.41) is 9.50. The van der Waals surface area contributed by atoms with E-state index in [0.717, 1.165) is 23.3 Å². The van der Waals surface area contributed by atoms with Crippen molar-refractivity contribution in [1.82, 2.24) is 0 Å². The van der Waals surface area contributed by atoms with Crippen molar-refractivity contribution in [2.24, 2.45) is 0 Å². The second kappa shape index (κ2) is 12.2. The van der Waals surface area contributed by atoms with Gasteiger partial charge in [0, 0.05) is 23.9 Å². The Bertz CT molecular complexity index is 1050. The quantitative estimate of drug-likeness (QED) is 0.311. The summed E-state index contributed by atoms with van der Waals surface area (Å²) in [6.45, 7) is 4.50. The fourth-order valence-corrected chi connectivity index (χ4v) is 3.57. The Kier molecular flexibility index (Phi) is 9.02. The van der Waals surface area contributed by atoms with Gasteiger partial charge in [-0.2, -0.15) is 0 Å². The number of rotatable bonds is 12. The summed E-state index contributed by atoms with van der Waals surface area (Å²) >= 11 is 6.14. The van der Waals surface area contributed by atoms with Crippen LogP contribution in [-0.4, -0.2) is 23.8 Å². The number of hydrogen-bond donors (Lipinski definition) is 1. The molecule has 0 unspecified atom stereocenters. The van der Waals surface area contributed by atoms with E-state index in [1.54, 1.807) is 18.2 Å². The first-order valence-corrected chi connectivity index (χ1v) is 11.5. The summed E-state index contributed by atoms with van der Waals surface area (Å²) in [6, 6.07) is 20.7. The Morgan fingerprint density at radius 2 is 1.76 bits per heavy atom. The highest BCUT2D eigenvalue weighted by Gasteiger charge is 2.11. The molecular formula is C27H29ClO5. The molecule has 3 aromatic rings. The highest BCUT2D eigenvalue weighted by atomic mass is 35.5. The van der Waals surface area contributed by atoms with E-state index in [9.17, 15) is 4.79 Å². The lowest BCUT2D eigenvalue weighted by Crippen LogP contribution is -2.16. The average Bonchev–Trinajstić information content (AvgIpc) is 2.80. The molecule has 1 atom stereocenters. The molecule has 0 saturated heterocycles. The van der Waals surface area contributed by atoms with Crippen LogP contribution in [0.15, 0.2) is 66.7 Å². The number of hydrogen-bond acceptors (Lipinski definition) is 4. The van der Waals surface area contributed by atoms with E-state index in [1.165, 1.54) is 0 Å². The van der Waals surface area contributed by atoms with E-state index in [1.807, 2.05) is 55.5 Å². The molecule has 0 bridgehead atoms. The number of aryl methyl sites for hydroxylation is 2. The first-order chi connectivity index (χ1) is 15.9. The molecule has 0 radical (unpaired) electrons. The maximum absolute atomic E-state index is 10.9. The predicted molar refractivity (Wildman–Crippen MR) is 130 cm³/mol. The summed E-state index contributed by atoms with van der Waals surface area (Å²) in [6.07, 6.45) is 2.09. The summed E-state index contributed by atoms with van der Waals surface area (Å²) in [7, 11) is 0. The SMILES string of the molecule is CCc1cc(O[C@@H](C)CCOc2ccc(Cl)cc2Oc2ccccc2)ccc1CCC(=O)O. The fourth-order valence-electron chi connectivity index (χ4n) is 3.41. The van der Waals surface area contributed by atoms with Crippen LogP contribution in [0.5, 0.6) is 23.0 Å². The highest BCUT2D eigenvalue weighted by molar-refractivity contribution is 6.30. The number of aliphatic carboxylic acids is 1. The van der Waals surface area contributed by atoms with Gasteiger partial charge in [0.1, 0.15) is 11.5 Å². The second-order valence-electron chi connectivity index (χ2n) is 7.75. The zero-order chi connectivity index (χ0) is 23.6. The van der Waals surface area contributed by atoms with E-state index < -0.39 is 5.97 Å². The third kappa shape index (κ3) is 7.72. The summed E-state index contributed by atoms with van der Waals surface area (Å²) in [5.41, 5.74) is 2.16. The van der Waals surface area contributed by atoms with Crippen LogP contribution in [0.25, 0.3) is 0 Å². The molecule has 1 N–H and O–H groups in total. The minimum atomic E-state index is -0.788. The smallest absolute Gasteiger partial charge is 0.303 e. The lowest BCUT2D eigenvalue weighted by molar-refractivity contribution is -0.136. The van der Waals surface area contributed by atoms with Crippen molar-refractivity contribution in [3.8, 4) is 23.0 Å². The standard InChI is InChI=1S/C27H29ClO5/c1-3-20-17-24(12-9-21(20)10-14-27(29)30)32-19(2)15-16-31-25-13-11-22(28)18-26(25)33-23-7-5-4-6-8-23/h4-9,11-13,17-19H,3,10,14-16H2,1-2H3,(H,29,30)/t19-/m0/s1. The molecule has 3 aromatic carbocycles. The van der Waals surface area contributed by atoms with Gasteiger partial charge in [-0.3, -0.25) is 4.79 Å². The van der Waals surface area contributed by atoms with Gasteiger partial charge in [0.15, 0.2) is 11.5 Å². The van der Waals surface area contributed by atoms with E-state index in [2.05, 4.69) is 6.92 Å². The average molecular weight is 469 g/mol. The summed E-state index contributed by atoms with van der Waals surface area (Å²) in [4.78, 5) is 10.9. The van der Waals surface area contributed by atoms with Crippen LogP contribution in [0, 0.1) is 0 Å². The Balaban J connectivity index is 1.55. The molecule has 0 saturated carbocycles. The molecule has 0 amide bonds. The van der Waals surface area contributed by atoms with Crippen LogP contribution >= 0.6 is 11.6 Å². The summed E-state index contributed by atoms with van der Waals surface area (Å²) in [5.74, 6) is 1.88. The van der Waals surface area contributed by atoms with Crippen LogP contribution in [0.1, 0.15) is 37.8 Å². The van der Waals surface area contributed by atoms with Crippen LogP contribution in [-0.2, 0) is 17.6 Å². The van der Waals surface area contributed by atoms with E-state index in [0.29, 0.717) is 41.7 Å². The highest BCUT2D eigenvalue weighted by Crippen LogP contribution is 2.34. The topological polar surface area (TPSA) is 65.0 Å². The Morgan fingerprint density at radius 1 is 0.970 bits per heavy atom. The molecule has 0 spiro atoms. The van der Waals surface area contributed by atoms with Gasteiger partial charge in [0.05, 0.1) is 12.7 Å². The second-order valence-corrected chi connectivity index (χ2v) is 8.19. The predicted octanol–water partition coefficient (Wildman–Crippen LogP) is 6.95. The van der Waals surface area contributed by atoms with Crippen molar-refractivity contribution < 1.29 is 24.1 Å². The summed E-state index contributed by atoms with van der Waals surface area (Å²) < 4.78 is 18.0. The minimum absolute atomic E-state index is 0.0645. The van der Waals surface area contributed by atoms with Crippen LogP contribution < -0.4 is 14.2 Å².